The fraction of sp³-hybridized carbons (Fsp3) is 0.385. The molecule has 1 heterocycles. The van der Waals surface area contributed by atoms with E-state index in [-0.39, 0.29) is 0 Å². The lowest BCUT2D eigenvalue weighted by Crippen LogP contribution is -2.19. The second kappa shape index (κ2) is 6.88. The van der Waals surface area contributed by atoms with Gasteiger partial charge in [0, 0.05) is 26.4 Å². The zero-order chi connectivity index (χ0) is 12.6. The van der Waals surface area contributed by atoms with Gasteiger partial charge in [0.05, 0.1) is 19.3 Å². The molecular formula is C13H18N4O. The van der Waals surface area contributed by atoms with E-state index in [1.807, 2.05) is 10.9 Å². The first-order valence-corrected chi connectivity index (χ1v) is 6.00. The van der Waals surface area contributed by atoms with Gasteiger partial charge in [-0.15, -0.1) is 5.10 Å². The molecule has 0 saturated carbocycles. The molecular weight excluding hydrogens is 228 g/mol. The first kappa shape index (κ1) is 12.7. The van der Waals surface area contributed by atoms with Crippen LogP contribution in [0, 0.1) is 0 Å². The number of nitrogens with zero attached hydrogens (tertiary/aromatic N) is 3. The highest BCUT2D eigenvalue weighted by Gasteiger charge is 1.96. The van der Waals surface area contributed by atoms with Crippen LogP contribution in [-0.4, -0.2) is 28.6 Å². The lowest BCUT2D eigenvalue weighted by Gasteiger charge is -2.06. The van der Waals surface area contributed by atoms with Crippen molar-refractivity contribution in [1.29, 1.82) is 0 Å². The summed E-state index contributed by atoms with van der Waals surface area (Å²) in [6.07, 6.45) is 3.55. The Kier molecular flexibility index (Phi) is 4.87. The second-order valence-corrected chi connectivity index (χ2v) is 4.10. The molecule has 2 rings (SSSR count). The summed E-state index contributed by atoms with van der Waals surface area (Å²) in [6.45, 7) is 3.22. The number of rotatable bonds is 7. The van der Waals surface area contributed by atoms with E-state index in [4.69, 9.17) is 4.74 Å². The predicted octanol–water partition coefficient (Wildman–Crippen LogP) is 1.21. The molecule has 5 heteroatoms. The zero-order valence-electron chi connectivity index (χ0n) is 10.5. The maximum Gasteiger partial charge on any atom is 0.0713 e. The van der Waals surface area contributed by atoms with Crippen molar-refractivity contribution in [2.24, 2.45) is 0 Å². The van der Waals surface area contributed by atoms with Crippen molar-refractivity contribution in [3.8, 4) is 0 Å². The molecule has 0 spiro atoms. The van der Waals surface area contributed by atoms with Gasteiger partial charge >= 0.3 is 0 Å². The molecule has 1 N–H and O–H groups in total. The van der Waals surface area contributed by atoms with Crippen LogP contribution in [0.4, 0.5) is 0 Å². The standard InChI is InChI=1S/C13H18N4O/c1-18-11-13-4-2-3-12(9-13)10-14-5-7-17-8-6-15-16-17/h2-4,6,8-9,14H,5,7,10-11H2,1H3. The van der Waals surface area contributed by atoms with Gasteiger partial charge in [0.2, 0.25) is 0 Å². The first-order valence-electron chi connectivity index (χ1n) is 6.00. The van der Waals surface area contributed by atoms with Crippen LogP contribution in [-0.2, 0) is 24.4 Å². The van der Waals surface area contributed by atoms with Crippen LogP contribution >= 0.6 is 0 Å². The molecule has 0 saturated heterocycles. The Morgan fingerprint density at radius 1 is 1.33 bits per heavy atom. The Labute approximate surface area is 107 Å². The Bertz CT molecular complexity index is 456. The molecule has 1 aromatic carbocycles. The van der Waals surface area contributed by atoms with E-state index in [2.05, 4.69) is 39.9 Å². The Morgan fingerprint density at radius 3 is 3.00 bits per heavy atom. The van der Waals surface area contributed by atoms with Crippen LogP contribution in [0.2, 0.25) is 0 Å². The Morgan fingerprint density at radius 2 is 2.22 bits per heavy atom. The number of hydrogen-bond donors (Lipinski definition) is 1. The Balaban J connectivity index is 1.74. The Hall–Kier alpha value is -1.72. The van der Waals surface area contributed by atoms with Crippen molar-refractivity contribution >= 4 is 0 Å². The molecule has 0 aliphatic heterocycles. The lowest BCUT2D eigenvalue weighted by atomic mass is 10.1. The summed E-state index contributed by atoms with van der Waals surface area (Å²) in [5.74, 6) is 0. The smallest absolute Gasteiger partial charge is 0.0713 e. The third kappa shape index (κ3) is 3.94. The minimum absolute atomic E-state index is 0.660. The van der Waals surface area contributed by atoms with E-state index in [0.29, 0.717) is 6.61 Å². The summed E-state index contributed by atoms with van der Waals surface area (Å²) < 4.78 is 6.93. The molecule has 96 valence electrons. The summed E-state index contributed by atoms with van der Waals surface area (Å²) >= 11 is 0. The zero-order valence-corrected chi connectivity index (χ0v) is 10.5. The van der Waals surface area contributed by atoms with Crippen molar-refractivity contribution in [3.05, 3.63) is 47.8 Å². The SMILES string of the molecule is COCc1cccc(CNCCn2ccnn2)c1. The van der Waals surface area contributed by atoms with Gasteiger partial charge in [-0.2, -0.15) is 0 Å². The predicted molar refractivity (Wildman–Crippen MR) is 68.9 cm³/mol. The fourth-order valence-electron chi connectivity index (χ4n) is 1.77. The molecule has 0 aliphatic rings. The van der Waals surface area contributed by atoms with Crippen molar-refractivity contribution < 1.29 is 4.74 Å². The van der Waals surface area contributed by atoms with Gasteiger partial charge in [-0.05, 0) is 11.1 Å². The summed E-state index contributed by atoms with van der Waals surface area (Å²) in [6, 6.07) is 8.40. The first-order chi connectivity index (χ1) is 8.88. The largest absolute Gasteiger partial charge is 0.380 e. The molecule has 1 aromatic heterocycles. The number of benzene rings is 1. The van der Waals surface area contributed by atoms with E-state index >= 15 is 0 Å². The van der Waals surface area contributed by atoms with Crippen LogP contribution in [0.1, 0.15) is 11.1 Å². The van der Waals surface area contributed by atoms with Crippen molar-refractivity contribution in [2.75, 3.05) is 13.7 Å². The van der Waals surface area contributed by atoms with E-state index < -0.39 is 0 Å². The van der Waals surface area contributed by atoms with Crippen LogP contribution in [0.3, 0.4) is 0 Å². The molecule has 2 aromatic rings. The number of methoxy groups -OCH3 is 1. The van der Waals surface area contributed by atoms with Gasteiger partial charge in [-0.25, -0.2) is 0 Å². The van der Waals surface area contributed by atoms with Gasteiger partial charge in [-0.3, -0.25) is 4.68 Å². The fourth-order valence-corrected chi connectivity index (χ4v) is 1.77. The van der Waals surface area contributed by atoms with Crippen LogP contribution in [0.25, 0.3) is 0 Å². The molecule has 5 nitrogen and oxygen atoms in total. The van der Waals surface area contributed by atoms with Gasteiger partial charge in [0.25, 0.3) is 0 Å². The van der Waals surface area contributed by atoms with Crippen LogP contribution in [0.5, 0.6) is 0 Å². The quantitative estimate of drug-likeness (QED) is 0.746. The second-order valence-electron chi connectivity index (χ2n) is 4.10. The van der Waals surface area contributed by atoms with Crippen molar-refractivity contribution in [2.45, 2.75) is 19.7 Å². The number of aromatic nitrogens is 3. The van der Waals surface area contributed by atoms with Gasteiger partial charge < -0.3 is 10.1 Å². The van der Waals surface area contributed by atoms with E-state index in [9.17, 15) is 0 Å². The molecule has 18 heavy (non-hydrogen) atoms. The van der Waals surface area contributed by atoms with Gasteiger partial charge in [0.15, 0.2) is 0 Å². The number of nitrogens with one attached hydrogen (secondary N) is 1. The maximum atomic E-state index is 5.12. The van der Waals surface area contributed by atoms with Crippen LogP contribution in [0.15, 0.2) is 36.7 Å². The minimum Gasteiger partial charge on any atom is -0.380 e. The molecule has 0 radical (unpaired) electrons. The van der Waals surface area contributed by atoms with Crippen LogP contribution < -0.4 is 5.32 Å². The summed E-state index contributed by atoms with van der Waals surface area (Å²) in [5.41, 5.74) is 2.47. The average molecular weight is 246 g/mol. The third-order valence-corrected chi connectivity index (χ3v) is 2.62. The van der Waals surface area contributed by atoms with E-state index in [0.717, 1.165) is 19.6 Å². The average Bonchev–Trinajstić information content (AvgIpc) is 2.89. The molecule has 0 amide bonds. The highest BCUT2D eigenvalue weighted by molar-refractivity contribution is 5.22. The molecule has 0 atom stereocenters. The molecule has 0 aliphatic carbocycles. The summed E-state index contributed by atoms with van der Waals surface area (Å²) in [5, 5.41) is 11.1. The van der Waals surface area contributed by atoms with Crippen molar-refractivity contribution in [1.82, 2.24) is 20.3 Å². The number of ether oxygens (including phenoxy) is 1. The summed E-state index contributed by atoms with van der Waals surface area (Å²) in [7, 11) is 1.71. The molecule has 0 unspecified atom stereocenters. The minimum atomic E-state index is 0.660. The lowest BCUT2D eigenvalue weighted by molar-refractivity contribution is 0.185. The third-order valence-electron chi connectivity index (χ3n) is 2.62. The summed E-state index contributed by atoms with van der Waals surface area (Å²) in [4.78, 5) is 0. The van der Waals surface area contributed by atoms with E-state index in [1.165, 1.54) is 11.1 Å². The number of hydrogen-bond acceptors (Lipinski definition) is 4. The normalized spacial score (nSPS) is 10.7. The van der Waals surface area contributed by atoms with E-state index in [1.54, 1.807) is 13.3 Å². The van der Waals surface area contributed by atoms with Crippen molar-refractivity contribution in [3.63, 3.8) is 0 Å². The highest BCUT2D eigenvalue weighted by atomic mass is 16.5. The molecule has 0 bridgehead atoms. The van der Waals surface area contributed by atoms with Gasteiger partial charge in [0.1, 0.15) is 0 Å². The monoisotopic (exact) mass is 246 g/mol. The molecule has 0 fully saturated rings. The van der Waals surface area contributed by atoms with Gasteiger partial charge in [-0.1, -0.05) is 29.5 Å². The maximum absolute atomic E-state index is 5.12. The topological polar surface area (TPSA) is 52.0 Å². The highest BCUT2D eigenvalue weighted by Crippen LogP contribution is 2.05.